The summed E-state index contributed by atoms with van der Waals surface area (Å²) in [6, 6.07) is 8.87. The molecule has 0 aliphatic carbocycles. The Morgan fingerprint density at radius 1 is 1.36 bits per heavy atom. The number of carbonyl (C=O) groups excluding carboxylic acids is 1. The third-order valence-corrected chi connectivity index (χ3v) is 3.41. The lowest BCUT2D eigenvalue weighted by Gasteiger charge is -2.07. The van der Waals surface area contributed by atoms with E-state index in [9.17, 15) is 4.79 Å². The SMILES string of the molecule is Cc1ccccc1NC(=O)N/N=C/c1cc(Br)c(N(C)C)o1. The predicted molar refractivity (Wildman–Crippen MR) is 91.7 cm³/mol. The van der Waals surface area contributed by atoms with Crippen molar-refractivity contribution in [3.05, 3.63) is 46.1 Å². The zero-order valence-corrected chi connectivity index (χ0v) is 14.1. The van der Waals surface area contributed by atoms with E-state index in [1.54, 1.807) is 6.07 Å². The molecule has 0 bridgehead atoms. The van der Waals surface area contributed by atoms with E-state index in [2.05, 4.69) is 31.8 Å². The average Bonchev–Trinajstić information content (AvgIpc) is 2.83. The van der Waals surface area contributed by atoms with Crippen LogP contribution in [-0.2, 0) is 0 Å². The van der Waals surface area contributed by atoms with Crippen molar-refractivity contribution in [1.82, 2.24) is 5.43 Å². The molecule has 1 heterocycles. The number of aryl methyl sites for hydroxylation is 1. The van der Waals surface area contributed by atoms with Crippen molar-refractivity contribution in [1.29, 1.82) is 0 Å². The molecule has 0 aliphatic rings. The molecule has 1 aromatic carbocycles. The summed E-state index contributed by atoms with van der Waals surface area (Å²) in [6.45, 7) is 1.92. The summed E-state index contributed by atoms with van der Waals surface area (Å²) < 4.78 is 6.38. The van der Waals surface area contributed by atoms with Crippen LogP contribution in [0.25, 0.3) is 0 Å². The van der Waals surface area contributed by atoms with E-state index in [4.69, 9.17) is 4.42 Å². The van der Waals surface area contributed by atoms with Crippen molar-refractivity contribution in [3.8, 4) is 0 Å². The van der Waals surface area contributed by atoms with Gasteiger partial charge in [0.05, 0.1) is 10.7 Å². The van der Waals surface area contributed by atoms with Crippen LogP contribution in [0, 0.1) is 6.92 Å². The van der Waals surface area contributed by atoms with Crippen LogP contribution in [0.15, 0.2) is 44.3 Å². The Labute approximate surface area is 137 Å². The molecule has 7 heteroatoms. The molecule has 0 saturated heterocycles. The molecule has 22 heavy (non-hydrogen) atoms. The highest BCUT2D eigenvalue weighted by Crippen LogP contribution is 2.27. The topological polar surface area (TPSA) is 69.9 Å². The number of furan rings is 1. The molecular formula is C15H17BrN4O2. The number of amides is 2. The Hall–Kier alpha value is -2.28. The number of urea groups is 1. The van der Waals surface area contributed by atoms with Crippen LogP contribution in [-0.4, -0.2) is 26.3 Å². The van der Waals surface area contributed by atoms with Gasteiger partial charge in [0.2, 0.25) is 5.88 Å². The number of rotatable bonds is 4. The van der Waals surface area contributed by atoms with Gasteiger partial charge in [-0.3, -0.25) is 0 Å². The van der Waals surface area contributed by atoms with Gasteiger partial charge >= 0.3 is 6.03 Å². The van der Waals surface area contributed by atoms with Gasteiger partial charge in [-0.25, -0.2) is 10.2 Å². The molecule has 1 aromatic heterocycles. The first-order chi connectivity index (χ1) is 10.5. The lowest BCUT2D eigenvalue weighted by molar-refractivity contribution is 0.252. The lowest BCUT2D eigenvalue weighted by Crippen LogP contribution is -2.24. The molecule has 0 radical (unpaired) electrons. The van der Waals surface area contributed by atoms with E-state index in [-0.39, 0.29) is 0 Å². The number of anilines is 2. The molecule has 2 rings (SSSR count). The number of nitrogens with zero attached hydrogens (tertiary/aromatic N) is 2. The lowest BCUT2D eigenvalue weighted by atomic mass is 10.2. The minimum absolute atomic E-state index is 0.413. The normalized spacial score (nSPS) is 10.7. The highest BCUT2D eigenvalue weighted by Gasteiger charge is 2.09. The van der Waals surface area contributed by atoms with Gasteiger partial charge in [-0.05, 0) is 34.5 Å². The van der Waals surface area contributed by atoms with Crippen molar-refractivity contribution in [2.45, 2.75) is 6.92 Å². The minimum atomic E-state index is -0.413. The van der Waals surface area contributed by atoms with Gasteiger partial charge in [0.15, 0.2) is 5.76 Å². The summed E-state index contributed by atoms with van der Waals surface area (Å²) in [6.07, 6.45) is 1.44. The van der Waals surface area contributed by atoms with Crippen LogP contribution in [0.2, 0.25) is 0 Å². The largest absolute Gasteiger partial charge is 0.438 e. The first-order valence-electron chi connectivity index (χ1n) is 6.59. The van der Waals surface area contributed by atoms with Crippen molar-refractivity contribution in [2.24, 2.45) is 5.10 Å². The maximum Gasteiger partial charge on any atom is 0.339 e. The molecule has 0 spiro atoms. The van der Waals surface area contributed by atoms with Crippen LogP contribution < -0.4 is 15.6 Å². The van der Waals surface area contributed by atoms with Crippen molar-refractivity contribution < 1.29 is 9.21 Å². The fourth-order valence-corrected chi connectivity index (χ4v) is 2.42. The third kappa shape index (κ3) is 4.11. The Morgan fingerprint density at radius 3 is 2.73 bits per heavy atom. The van der Waals surface area contributed by atoms with Crippen LogP contribution in [0.4, 0.5) is 16.4 Å². The molecule has 2 amide bonds. The molecule has 0 unspecified atom stereocenters. The average molecular weight is 365 g/mol. The van der Waals surface area contributed by atoms with Crippen LogP contribution >= 0.6 is 15.9 Å². The van der Waals surface area contributed by atoms with E-state index >= 15 is 0 Å². The second-order valence-corrected chi connectivity index (χ2v) is 5.69. The Balaban J connectivity index is 1.93. The standard InChI is InChI=1S/C15H17BrN4O2/c1-10-6-4-5-7-13(10)18-15(21)19-17-9-11-8-12(16)14(22-11)20(2)3/h4-9H,1-3H3,(H2,18,19,21)/b17-9+. The van der Waals surface area contributed by atoms with Gasteiger partial charge < -0.3 is 14.6 Å². The summed E-state index contributed by atoms with van der Waals surface area (Å²) in [4.78, 5) is 13.6. The summed E-state index contributed by atoms with van der Waals surface area (Å²) >= 11 is 3.39. The zero-order valence-electron chi connectivity index (χ0n) is 12.6. The quantitative estimate of drug-likeness (QED) is 0.643. The predicted octanol–water partition coefficient (Wildman–Crippen LogP) is 3.57. The van der Waals surface area contributed by atoms with E-state index < -0.39 is 6.03 Å². The highest BCUT2D eigenvalue weighted by atomic mass is 79.9. The van der Waals surface area contributed by atoms with Gasteiger partial charge in [-0.2, -0.15) is 5.10 Å². The molecule has 2 aromatic rings. The van der Waals surface area contributed by atoms with E-state index in [1.165, 1.54) is 6.21 Å². The Kier molecular flexibility index (Phi) is 5.21. The zero-order chi connectivity index (χ0) is 16.1. The van der Waals surface area contributed by atoms with Crippen molar-refractivity contribution in [3.63, 3.8) is 0 Å². The first-order valence-corrected chi connectivity index (χ1v) is 7.39. The third-order valence-electron chi connectivity index (χ3n) is 2.85. The van der Waals surface area contributed by atoms with Crippen LogP contribution in [0.5, 0.6) is 0 Å². The van der Waals surface area contributed by atoms with Crippen molar-refractivity contribution >= 4 is 39.7 Å². The maximum atomic E-state index is 11.8. The second-order valence-electron chi connectivity index (χ2n) is 4.84. The van der Waals surface area contributed by atoms with Gasteiger partial charge in [0.25, 0.3) is 0 Å². The number of para-hydroxylation sites is 1. The summed E-state index contributed by atoms with van der Waals surface area (Å²) in [5, 5.41) is 6.58. The van der Waals surface area contributed by atoms with Crippen LogP contribution in [0.3, 0.4) is 0 Å². The van der Waals surface area contributed by atoms with Gasteiger partial charge in [0.1, 0.15) is 0 Å². The minimum Gasteiger partial charge on any atom is -0.438 e. The number of hydrazone groups is 1. The Bertz CT molecular complexity index is 695. The van der Waals surface area contributed by atoms with Crippen molar-refractivity contribution in [2.75, 3.05) is 24.3 Å². The number of hydrogen-bond acceptors (Lipinski definition) is 4. The summed E-state index contributed by atoms with van der Waals surface area (Å²) in [7, 11) is 3.75. The number of carbonyl (C=O) groups is 1. The fraction of sp³-hybridized carbons (Fsp3) is 0.200. The van der Waals surface area contributed by atoms with Gasteiger partial charge in [-0.15, -0.1) is 0 Å². The molecule has 116 valence electrons. The molecule has 0 fully saturated rings. The molecule has 0 aliphatic heterocycles. The maximum absolute atomic E-state index is 11.8. The van der Waals surface area contributed by atoms with Gasteiger partial charge in [-0.1, -0.05) is 18.2 Å². The summed E-state index contributed by atoms with van der Waals surface area (Å²) in [5.74, 6) is 1.22. The number of benzene rings is 1. The molecule has 6 nitrogen and oxygen atoms in total. The van der Waals surface area contributed by atoms with Gasteiger partial charge in [0, 0.05) is 25.8 Å². The monoisotopic (exact) mass is 364 g/mol. The van der Waals surface area contributed by atoms with E-state index in [1.807, 2.05) is 50.2 Å². The van der Waals surface area contributed by atoms with Crippen LogP contribution in [0.1, 0.15) is 11.3 Å². The number of hydrogen-bond donors (Lipinski definition) is 2. The Morgan fingerprint density at radius 2 is 2.09 bits per heavy atom. The molecule has 0 saturated carbocycles. The summed E-state index contributed by atoms with van der Waals surface area (Å²) in [5.41, 5.74) is 4.12. The number of halogens is 1. The molecule has 2 N–H and O–H groups in total. The molecule has 0 atom stereocenters. The van der Waals surface area contributed by atoms with E-state index in [0.717, 1.165) is 15.7 Å². The molecular weight excluding hydrogens is 348 g/mol. The fourth-order valence-electron chi connectivity index (χ4n) is 1.76. The first kappa shape index (κ1) is 16.1. The number of nitrogens with one attached hydrogen (secondary N) is 2. The second kappa shape index (κ2) is 7.13. The van der Waals surface area contributed by atoms with E-state index in [0.29, 0.717) is 11.6 Å². The highest BCUT2D eigenvalue weighted by molar-refractivity contribution is 9.10. The smallest absolute Gasteiger partial charge is 0.339 e.